The van der Waals surface area contributed by atoms with Crippen molar-refractivity contribution in [3.63, 3.8) is 0 Å². The number of fused-ring (bicyclic) bond motifs is 4. The highest BCUT2D eigenvalue weighted by Crippen LogP contribution is 2.38. The van der Waals surface area contributed by atoms with Gasteiger partial charge in [-0.3, -0.25) is 4.79 Å². The number of carbonyl (C=O) groups excluding carboxylic acids is 1. The van der Waals surface area contributed by atoms with E-state index in [0.29, 0.717) is 6.61 Å². The molecule has 0 aromatic rings. The van der Waals surface area contributed by atoms with E-state index in [2.05, 4.69) is 0 Å². The molecule has 5 nitrogen and oxygen atoms in total. The van der Waals surface area contributed by atoms with Gasteiger partial charge in [0.25, 0.3) is 0 Å². The van der Waals surface area contributed by atoms with E-state index in [-0.39, 0.29) is 18.0 Å². The van der Waals surface area contributed by atoms with Crippen LogP contribution in [0, 0.1) is 0 Å². The molecule has 3 rings (SSSR count). The Labute approximate surface area is 81.3 Å². The van der Waals surface area contributed by atoms with Crippen LogP contribution in [-0.4, -0.2) is 42.8 Å². The lowest BCUT2D eigenvalue weighted by atomic mass is 10.0. The minimum atomic E-state index is -0.737. The summed E-state index contributed by atoms with van der Waals surface area (Å²) < 4.78 is 21.6. The van der Waals surface area contributed by atoms with E-state index in [1.54, 1.807) is 13.8 Å². The Morgan fingerprint density at radius 1 is 1.36 bits per heavy atom. The van der Waals surface area contributed by atoms with Crippen LogP contribution in [0.2, 0.25) is 0 Å². The molecule has 0 saturated carbocycles. The van der Waals surface area contributed by atoms with Crippen molar-refractivity contribution in [2.24, 2.45) is 0 Å². The Balaban J connectivity index is 1.92. The van der Waals surface area contributed by atoms with Crippen LogP contribution in [0.4, 0.5) is 0 Å². The molecule has 5 heteroatoms. The predicted molar refractivity (Wildman–Crippen MR) is 43.4 cm³/mol. The first-order valence-electron chi connectivity index (χ1n) is 4.73. The van der Waals surface area contributed by atoms with E-state index in [4.69, 9.17) is 18.9 Å². The SMILES string of the molecule is CC1(C)O[C@@H]2[C@H]3CO[C@H](O3)C(=O)[C@@H]2O1. The third-order valence-corrected chi connectivity index (χ3v) is 2.72. The first kappa shape index (κ1) is 8.79. The van der Waals surface area contributed by atoms with E-state index >= 15 is 0 Å². The van der Waals surface area contributed by atoms with Crippen LogP contribution in [0.5, 0.6) is 0 Å². The summed E-state index contributed by atoms with van der Waals surface area (Å²) in [5, 5.41) is 0. The number of carbonyl (C=O) groups is 1. The van der Waals surface area contributed by atoms with Gasteiger partial charge in [0.05, 0.1) is 6.61 Å². The van der Waals surface area contributed by atoms with Crippen molar-refractivity contribution < 1.29 is 23.7 Å². The smallest absolute Gasteiger partial charge is 0.221 e. The molecule has 0 N–H and O–H groups in total. The highest BCUT2D eigenvalue weighted by molar-refractivity contribution is 5.88. The minimum absolute atomic E-state index is 0.158. The molecular weight excluding hydrogens is 188 g/mol. The molecule has 0 unspecified atom stereocenters. The molecule has 0 radical (unpaired) electrons. The number of ketones is 1. The van der Waals surface area contributed by atoms with Gasteiger partial charge < -0.3 is 18.9 Å². The molecule has 14 heavy (non-hydrogen) atoms. The fourth-order valence-corrected chi connectivity index (χ4v) is 2.16. The quantitative estimate of drug-likeness (QED) is 0.543. The average molecular weight is 200 g/mol. The van der Waals surface area contributed by atoms with Crippen LogP contribution in [0.25, 0.3) is 0 Å². The van der Waals surface area contributed by atoms with Crippen molar-refractivity contribution in [3.8, 4) is 0 Å². The van der Waals surface area contributed by atoms with Gasteiger partial charge in [-0.2, -0.15) is 0 Å². The molecular formula is C9H12O5. The maximum atomic E-state index is 11.7. The van der Waals surface area contributed by atoms with Gasteiger partial charge in [-0.25, -0.2) is 0 Å². The molecule has 0 aliphatic carbocycles. The summed E-state index contributed by atoms with van der Waals surface area (Å²) in [6, 6.07) is 0. The van der Waals surface area contributed by atoms with Crippen molar-refractivity contribution in [2.45, 2.75) is 44.2 Å². The van der Waals surface area contributed by atoms with Crippen LogP contribution >= 0.6 is 0 Å². The minimum Gasteiger partial charge on any atom is -0.343 e. The van der Waals surface area contributed by atoms with Crippen LogP contribution in [0.15, 0.2) is 0 Å². The number of Topliss-reactive ketones (excluding diaryl/α,β-unsaturated/α-hetero) is 1. The van der Waals surface area contributed by atoms with Crippen molar-refractivity contribution in [1.82, 2.24) is 0 Å². The van der Waals surface area contributed by atoms with Crippen LogP contribution in [0.3, 0.4) is 0 Å². The predicted octanol–water partition coefficient (Wildman–Crippen LogP) is -0.169. The molecule has 3 heterocycles. The second-order valence-corrected chi connectivity index (χ2v) is 4.26. The summed E-state index contributed by atoms with van der Waals surface area (Å²) in [5.74, 6) is -0.854. The summed E-state index contributed by atoms with van der Waals surface area (Å²) in [7, 11) is 0. The Bertz CT molecular complexity index is 287. The van der Waals surface area contributed by atoms with Gasteiger partial charge in [0.1, 0.15) is 12.2 Å². The van der Waals surface area contributed by atoms with E-state index < -0.39 is 18.2 Å². The van der Waals surface area contributed by atoms with Gasteiger partial charge in [0.2, 0.25) is 12.1 Å². The van der Waals surface area contributed by atoms with E-state index in [0.717, 1.165) is 0 Å². The normalized spacial score (nSPS) is 49.4. The molecule has 3 saturated heterocycles. The zero-order valence-corrected chi connectivity index (χ0v) is 8.06. The Morgan fingerprint density at radius 2 is 2.14 bits per heavy atom. The van der Waals surface area contributed by atoms with Gasteiger partial charge in [0.15, 0.2) is 11.9 Å². The molecule has 78 valence electrons. The number of ether oxygens (including phenoxy) is 4. The van der Waals surface area contributed by atoms with E-state index in [1.807, 2.05) is 0 Å². The van der Waals surface area contributed by atoms with Gasteiger partial charge in [-0.1, -0.05) is 0 Å². The van der Waals surface area contributed by atoms with Crippen molar-refractivity contribution in [3.05, 3.63) is 0 Å². The summed E-state index contributed by atoms with van der Waals surface area (Å²) in [5.41, 5.74) is 0. The first-order chi connectivity index (χ1) is 6.57. The van der Waals surface area contributed by atoms with E-state index in [1.165, 1.54) is 0 Å². The third kappa shape index (κ3) is 1.07. The summed E-state index contributed by atoms with van der Waals surface area (Å²) in [6.07, 6.45) is -1.73. The molecule has 2 bridgehead atoms. The lowest BCUT2D eigenvalue weighted by Gasteiger charge is -2.25. The summed E-state index contributed by atoms with van der Waals surface area (Å²) in [6.45, 7) is 4.01. The molecule has 0 amide bonds. The van der Waals surface area contributed by atoms with Gasteiger partial charge in [-0.05, 0) is 13.8 Å². The fourth-order valence-electron chi connectivity index (χ4n) is 2.16. The topological polar surface area (TPSA) is 54.0 Å². The fraction of sp³-hybridized carbons (Fsp3) is 0.889. The molecule has 3 aliphatic heterocycles. The van der Waals surface area contributed by atoms with Gasteiger partial charge in [-0.15, -0.1) is 0 Å². The highest BCUT2D eigenvalue weighted by Gasteiger charge is 2.58. The molecule has 4 atom stereocenters. The van der Waals surface area contributed by atoms with Crippen LogP contribution in [-0.2, 0) is 23.7 Å². The lowest BCUT2D eigenvalue weighted by Crippen LogP contribution is -2.49. The first-order valence-corrected chi connectivity index (χ1v) is 4.73. The zero-order valence-electron chi connectivity index (χ0n) is 8.06. The largest absolute Gasteiger partial charge is 0.343 e. The Morgan fingerprint density at radius 3 is 2.93 bits per heavy atom. The second-order valence-electron chi connectivity index (χ2n) is 4.26. The van der Waals surface area contributed by atoms with E-state index in [9.17, 15) is 4.79 Å². The maximum absolute atomic E-state index is 11.7. The summed E-state index contributed by atoms with van der Waals surface area (Å²) in [4.78, 5) is 11.7. The molecule has 3 aliphatic rings. The molecule has 0 spiro atoms. The Hall–Kier alpha value is -0.490. The second kappa shape index (κ2) is 2.55. The summed E-state index contributed by atoms with van der Waals surface area (Å²) >= 11 is 0. The monoisotopic (exact) mass is 200 g/mol. The van der Waals surface area contributed by atoms with Gasteiger partial charge in [0, 0.05) is 0 Å². The number of rotatable bonds is 0. The van der Waals surface area contributed by atoms with Crippen molar-refractivity contribution in [1.29, 1.82) is 0 Å². The van der Waals surface area contributed by atoms with Crippen LogP contribution < -0.4 is 0 Å². The standard InChI is InChI=1S/C9H12O5/c1-9(2)13-6-4-3-11-8(12-4)5(10)7(6)14-9/h4,6-8H,3H2,1-2H3/t4-,6-,7+,8-/m1/s1. The Kier molecular flexibility index (Phi) is 1.60. The maximum Gasteiger partial charge on any atom is 0.221 e. The van der Waals surface area contributed by atoms with Crippen LogP contribution in [0.1, 0.15) is 13.8 Å². The number of hydrogen-bond acceptors (Lipinski definition) is 5. The highest BCUT2D eigenvalue weighted by atomic mass is 16.8. The van der Waals surface area contributed by atoms with Crippen molar-refractivity contribution in [2.75, 3.05) is 6.61 Å². The van der Waals surface area contributed by atoms with Crippen molar-refractivity contribution >= 4 is 5.78 Å². The third-order valence-electron chi connectivity index (χ3n) is 2.72. The van der Waals surface area contributed by atoms with Gasteiger partial charge >= 0.3 is 0 Å². The lowest BCUT2D eigenvalue weighted by molar-refractivity contribution is -0.169. The molecule has 0 aromatic heterocycles. The molecule has 0 aromatic carbocycles. The zero-order chi connectivity index (χ0) is 9.92. The average Bonchev–Trinajstić information content (AvgIpc) is 2.64. The number of hydrogen-bond donors (Lipinski definition) is 0. The molecule has 3 fully saturated rings.